The molecule has 8 nitrogen and oxygen atoms in total. The third kappa shape index (κ3) is 3.07. The highest BCUT2D eigenvalue weighted by Crippen LogP contribution is 2.34. The molecule has 0 saturated carbocycles. The molecule has 0 bridgehead atoms. The Balaban J connectivity index is 1.69. The van der Waals surface area contributed by atoms with Crippen molar-refractivity contribution in [3.05, 3.63) is 30.7 Å². The average Bonchev–Trinajstić information content (AvgIpc) is 3.32. The molecule has 0 aromatic carbocycles. The van der Waals surface area contributed by atoms with Gasteiger partial charge < -0.3 is 9.55 Å². The summed E-state index contributed by atoms with van der Waals surface area (Å²) >= 11 is 0. The Morgan fingerprint density at radius 2 is 2.25 bits per heavy atom. The van der Waals surface area contributed by atoms with E-state index in [9.17, 15) is 8.42 Å². The maximum Gasteiger partial charge on any atom is 0.281 e. The molecule has 3 aromatic heterocycles. The highest BCUT2D eigenvalue weighted by Gasteiger charge is 2.36. The zero-order valence-corrected chi connectivity index (χ0v) is 16.9. The monoisotopic (exact) mass is 400 g/mol. The largest absolute Gasteiger partial charge is 0.346 e. The lowest BCUT2D eigenvalue weighted by molar-refractivity contribution is 0.197. The highest BCUT2D eigenvalue weighted by atomic mass is 32.2. The Kier molecular flexibility index (Phi) is 4.87. The first-order chi connectivity index (χ1) is 13.4. The summed E-state index contributed by atoms with van der Waals surface area (Å²) in [6, 6.07) is 6.09. The van der Waals surface area contributed by atoms with E-state index in [1.807, 2.05) is 36.8 Å². The van der Waals surface area contributed by atoms with Gasteiger partial charge in [-0.1, -0.05) is 6.92 Å². The van der Waals surface area contributed by atoms with Gasteiger partial charge in [-0.25, -0.2) is 4.98 Å². The third-order valence-electron chi connectivity index (χ3n) is 5.76. The summed E-state index contributed by atoms with van der Waals surface area (Å²) < 4.78 is 31.0. The van der Waals surface area contributed by atoms with Crippen molar-refractivity contribution < 1.29 is 8.42 Å². The molecule has 1 N–H and O–H groups in total. The van der Waals surface area contributed by atoms with Gasteiger partial charge in [-0.2, -0.15) is 22.3 Å². The predicted octanol–water partition coefficient (Wildman–Crippen LogP) is 2.49. The lowest BCUT2D eigenvalue weighted by Crippen LogP contribution is -2.49. The summed E-state index contributed by atoms with van der Waals surface area (Å²) in [5, 5.41) is 10.9. The van der Waals surface area contributed by atoms with E-state index < -0.39 is 10.2 Å². The van der Waals surface area contributed by atoms with Crippen LogP contribution in [0.1, 0.15) is 25.8 Å². The Bertz CT molecular complexity index is 1140. The van der Waals surface area contributed by atoms with E-state index in [2.05, 4.69) is 21.5 Å². The Hall–Kier alpha value is -2.41. The van der Waals surface area contributed by atoms with Crippen LogP contribution >= 0.6 is 0 Å². The maximum atomic E-state index is 13.0. The van der Waals surface area contributed by atoms with Crippen LogP contribution in [0.25, 0.3) is 21.9 Å². The minimum absolute atomic E-state index is 0.0332. The normalized spacial score (nSPS) is 21.5. The third-order valence-corrected chi connectivity index (χ3v) is 7.71. The molecule has 28 heavy (non-hydrogen) atoms. The predicted molar refractivity (Wildman–Crippen MR) is 108 cm³/mol. The van der Waals surface area contributed by atoms with Crippen molar-refractivity contribution in [3.8, 4) is 6.07 Å². The number of nitrogens with zero attached hydrogens (tertiary/aromatic N) is 5. The van der Waals surface area contributed by atoms with Gasteiger partial charge in [0.25, 0.3) is 10.2 Å². The summed E-state index contributed by atoms with van der Waals surface area (Å²) in [6.45, 7) is 3.29. The molecular formula is C19H24N6O2S. The molecule has 0 amide bonds. The van der Waals surface area contributed by atoms with Crippen LogP contribution in [0, 0.1) is 17.2 Å². The van der Waals surface area contributed by atoms with Crippen LogP contribution < -0.4 is 0 Å². The molecule has 0 aliphatic carbocycles. The number of H-pyrrole nitrogens is 1. The number of nitrogens with one attached hydrogen (secondary N) is 1. The van der Waals surface area contributed by atoms with E-state index in [0.717, 1.165) is 28.4 Å². The second kappa shape index (κ2) is 7.20. The lowest BCUT2D eigenvalue weighted by Gasteiger charge is -2.38. The number of aromatic amines is 1. The van der Waals surface area contributed by atoms with Crippen LogP contribution in [0.4, 0.5) is 0 Å². The molecule has 148 valence electrons. The number of nitriles is 1. The van der Waals surface area contributed by atoms with E-state index >= 15 is 0 Å². The average molecular weight is 401 g/mol. The first kappa shape index (κ1) is 18.9. The minimum Gasteiger partial charge on any atom is -0.346 e. The van der Waals surface area contributed by atoms with Crippen LogP contribution in [0.2, 0.25) is 0 Å². The minimum atomic E-state index is -3.58. The van der Waals surface area contributed by atoms with Crippen LogP contribution in [0.5, 0.6) is 0 Å². The Morgan fingerprint density at radius 1 is 1.43 bits per heavy atom. The molecule has 0 spiro atoms. The van der Waals surface area contributed by atoms with Crippen molar-refractivity contribution in [1.29, 1.82) is 5.26 Å². The Labute approximate surface area is 164 Å². The summed E-state index contributed by atoms with van der Waals surface area (Å²) in [6.07, 6.45) is 6.73. The van der Waals surface area contributed by atoms with E-state index in [1.165, 1.54) is 4.31 Å². The molecule has 9 heteroatoms. The summed E-state index contributed by atoms with van der Waals surface area (Å²) in [7, 11) is -2.04. The number of aromatic nitrogens is 3. The molecule has 1 aliphatic heterocycles. The van der Waals surface area contributed by atoms with Crippen LogP contribution in [-0.4, -0.2) is 58.2 Å². The van der Waals surface area contributed by atoms with Gasteiger partial charge in [0.2, 0.25) is 0 Å². The van der Waals surface area contributed by atoms with Crippen molar-refractivity contribution in [2.45, 2.75) is 25.8 Å². The molecule has 1 saturated heterocycles. The van der Waals surface area contributed by atoms with Gasteiger partial charge in [0.05, 0.1) is 17.6 Å². The number of pyridine rings is 1. The second-order valence-corrected chi connectivity index (χ2v) is 9.49. The van der Waals surface area contributed by atoms with E-state index in [-0.39, 0.29) is 19.0 Å². The summed E-state index contributed by atoms with van der Waals surface area (Å²) in [5.74, 6) is 0.341. The van der Waals surface area contributed by atoms with Crippen molar-refractivity contribution in [2.75, 3.05) is 26.7 Å². The van der Waals surface area contributed by atoms with Gasteiger partial charge in [-0.3, -0.25) is 0 Å². The van der Waals surface area contributed by atoms with Crippen LogP contribution in [0.15, 0.2) is 30.7 Å². The van der Waals surface area contributed by atoms with Gasteiger partial charge in [0.15, 0.2) is 0 Å². The van der Waals surface area contributed by atoms with E-state index in [0.29, 0.717) is 19.0 Å². The lowest BCUT2D eigenvalue weighted by atomic mass is 9.94. The zero-order chi connectivity index (χ0) is 19.9. The fourth-order valence-electron chi connectivity index (χ4n) is 4.04. The molecule has 4 rings (SSSR count). The molecule has 0 unspecified atom stereocenters. The van der Waals surface area contributed by atoms with Gasteiger partial charge in [0.1, 0.15) is 5.65 Å². The van der Waals surface area contributed by atoms with Gasteiger partial charge in [0, 0.05) is 62.5 Å². The SMILES string of the molecule is C[C@@H]1CCN(S(=O)(=O)N(C)CCC#N)C[C@@H]1n1ccc2cnc3[nH]ccc3c21. The van der Waals surface area contributed by atoms with Crippen LogP contribution in [-0.2, 0) is 10.2 Å². The molecule has 1 fully saturated rings. The topological polar surface area (TPSA) is 98.0 Å². The Morgan fingerprint density at radius 3 is 3.04 bits per heavy atom. The second-order valence-electron chi connectivity index (χ2n) is 7.45. The number of fused-ring (bicyclic) bond motifs is 3. The fraction of sp³-hybridized carbons (Fsp3) is 0.474. The van der Waals surface area contributed by atoms with Crippen molar-refractivity contribution >= 4 is 32.1 Å². The fourth-order valence-corrected chi connectivity index (χ4v) is 5.44. The summed E-state index contributed by atoms with van der Waals surface area (Å²) in [5.41, 5.74) is 1.91. The number of hydrogen-bond acceptors (Lipinski definition) is 4. The quantitative estimate of drug-likeness (QED) is 0.711. The highest BCUT2D eigenvalue weighted by molar-refractivity contribution is 7.86. The van der Waals surface area contributed by atoms with Gasteiger partial charge in [-0.15, -0.1) is 0 Å². The number of rotatable bonds is 5. The molecule has 2 atom stereocenters. The van der Waals surface area contributed by atoms with Crippen LogP contribution in [0.3, 0.4) is 0 Å². The first-order valence-electron chi connectivity index (χ1n) is 9.44. The van der Waals surface area contributed by atoms with Gasteiger partial charge >= 0.3 is 0 Å². The maximum absolute atomic E-state index is 13.0. The van der Waals surface area contributed by atoms with Crippen molar-refractivity contribution in [1.82, 2.24) is 23.1 Å². The summed E-state index contributed by atoms with van der Waals surface area (Å²) in [4.78, 5) is 7.59. The van der Waals surface area contributed by atoms with E-state index in [1.54, 1.807) is 11.4 Å². The number of piperidine rings is 1. The molecule has 1 aliphatic rings. The standard InChI is InChI=1S/C19H24N6O2S/c1-14-5-10-24(28(26,27)23(2)9-3-7-20)13-17(14)25-11-6-15-12-22-19-16(18(15)25)4-8-21-19/h4,6,8,11-12,14,17H,3,5,9-10,13H2,1-2H3,(H,21,22)/t14-,17+/m1/s1. The molecule has 0 radical (unpaired) electrons. The first-order valence-corrected chi connectivity index (χ1v) is 10.8. The zero-order valence-electron chi connectivity index (χ0n) is 16.0. The molecule has 3 aromatic rings. The molecule has 4 heterocycles. The molecular weight excluding hydrogens is 376 g/mol. The van der Waals surface area contributed by atoms with E-state index in [4.69, 9.17) is 5.26 Å². The van der Waals surface area contributed by atoms with Gasteiger partial charge in [-0.05, 0) is 24.5 Å². The smallest absolute Gasteiger partial charge is 0.281 e. The van der Waals surface area contributed by atoms with Crippen molar-refractivity contribution in [3.63, 3.8) is 0 Å². The van der Waals surface area contributed by atoms with Crippen molar-refractivity contribution in [2.24, 2.45) is 5.92 Å². The number of hydrogen-bond donors (Lipinski definition) is 1.